The van der Waals surface area contributed by atoms with E-state index in [2.05, 4.69) is 20.9 Å². The Hall–Kier alpha value is -3.08. The summed E-state index contributed by atoms with van der Waals surface area (Å²) < 4.78 is 22.8. The highest BCUT2D eigenvalue weighted by Gasteiger charge is 2.17. The standard InChI is InChI=1S/C21H12BrClFN3O2/c22-16-6-5-13(11-27-18-4-2-1-3-17(18)26-21(27)28)19(24)20(16)29-15-8-12(10-25)7-14(23)9-15/h1-9H,11H2,(H,26,28). The van der Waals surface area contributed by atoms with Crippen LogP contribution in [-0.2, 0) is 6.54 Å². The molecule has 1 aromatic heterocycles. The van der Waals surface area contributed by atoms with Gasteiger partial charge < -0.3 is 9.72 Å². The number of rotatable bonds is 4. The van der Waals surface area contributed by atoms with Gasteiger partial charge in [-0.15, -0.1) is 0 Å². The minimum absolute atomic E-state index is 0.0251. The number of fused-ring (bicyclic) bond motifs is 1. The highest BCUT2D eigenvalue weighted by atomic mass is 79.9. The zero-order valence-electron chi connectivity index (χ0n) is 14.7. The average molecular weight is 473 g/mol. The van der Waals surface area contributed by atoms with Crippen LogP contribution in [0.2, 0.25) is 5.02 Å². The number of aromatic amines is 1. The minimum atomic E-state index is -0.616. The van der Waals surface area contributed by atoms with Crippen molar-refractivity contribution in [3.05, 3.63) is 91.5 Å². The number of ether oxygens (including phenoxy) is 1. The molecular formula is C21H12BrClFN3O2. The summed E-state index contributed by atoms with van der Waals surface area (Å²) in [6.07, 6.45) is 0. The van der Waals surface area contributed by atoms with Crippen LogP contribution >= 0.6 is 27.5 Å². The normalized spacial score (nSPS) is 10.8. The van der Waals surface area contributed by atoms with Crippen LogP contribution in [0.1, 0.15) is 11.1 Å². The van der Waals surface area contributed by atoms with Gasteiger partial charge in [-0.1, -0.05) is 29.8 Å². The first-order chi connectivity index (χ1) is 14.0. The summed E-state index contributed by atoms with van der Waals surface area (Å²) in [7, 11) is 0. The van der Waals surface area contributed by atoms with Crippen LogP contribution in [0.15, 0.2) is 63.9 Å². The van der Waals surface area contributed by atoms with E-state index in [0.717, 1.165) is 0 Å². The molecule has 0 radical (unpaired) electrons. The van der Waals surface area contributed by atoms with Crippen molar-refractivity contribution in [2.75, 3.05) is 0 Å². The Morgan fingerprint density at radius 1 is 1.21 bits per heavy atom. The summed E-state index contributed by atoms with van der Waals surface area (Å²) in [5.41, 5.74) is 1.60. The number of para-hydroxylation sites is 2. The van der Waals surface area contributed by atoms with E-state index in [-0.39, 0.29) is 29.3 Å². The number of nitrogens with one attached hydrogen (secondary N) is 1. The maximum atomic E-state index is 15.2. The highest BCUT2D eigenvalue weighted by molar-refractivity contribution is 9.10. The zero-order chi connectivity index (χ0) is 20.5. The van der Waals surface area contributed by atoms with Crippen molar-refractivity contribution < 1.29 is 9.13 Å². The van der Waals surface area contributed by atoms with Gasteiger partial charge in [0, 0.05) is 10.6 Å². The van der Waals surface area contributed by atoms with E-state index in [1.54, 1.807) is 24.3 Å². The minimum Gasteiger partial charge on any atom is -0.453 e. The van der Waals surface area contributed by atoms with Gasteiger partial charge in [-0.25, -0.2) is 9.18 Å². The lowest BCUT2D eigenvalue weighted by molar-refractivity contribution is 0.434. The van der Waals surface area contributed by atoms with Gasteiger partial charge in [-0.3, -0.25) is 4.57 Å². The fraction of sp³-hybridized carbons (Fsp3) is 0.0476. The largest absolute Gasteiger partial charge is 0.453 e. The van der Waals surface area contributed by atoms with E-state index < -0.39 is 5.82 Å². The number of hydrogen-bond donors (Lipinski definition) is 1. The molecule has 0 unspecified atom stereocenters. The smallest absolute Gasteiger partial charge is 0.326 e. The molecule has 5 nitrogen and oxygen atoms in total. The van der Waals surface area contributed by atoms with Gasteiger partial charge in [0.25, 0.3) is 0 Å². The monoisotopic (exact) mass is 471 g/mol. The van der Waals surface area contributed by atoms with Gasteiger partial charge in [0.1, 0.15) is 5.75 Å². The lowest BCUT2D eigenvalue weighted by Gasteiger charge is -2.13. The molecule has 29 heavy (non-hydrogen) atoms. The number of imidazole rings is 1. The molecule has 0 amide bonds. The van der Waals surface area contributed by atoms with Crippen LogP contribution in [0.5, 0.6) is 11.5 Å². The summed E-state index contributed by atoms with van der Waals surface area (Å²) in [5.74, 6) is -0.438. The number of nitriles is 1. The van der Waals surface area contributed by atoms with Gasteiger partial charge in [0.05, 0.1) is 33.7 Å². The second-order valence-corrected chi connectivity index (χ2v) is 7.56. The van der Waals surface area contributed by atoms with Crippen LogP contribution < -0.4 is 10.4 Å². The van der Waals surface area contributed by atoms with Crippen molar-refractivity contribution in [3.8, 4) is 17.6 Å². The average Bonchev–Trinajstić information content (AvgIpc) is 3.02. The predicted octanol–water partition coefficient (Wildman–Crippen LogP) is 5.60. The molecule has 0 aliphatic carbocycles. The van der Waals surface area contributed by atoms with Crippen molar-refractivity contribution >= 4 is 38.6 Å². The quantitative estimate of drug-likeness (QED) is 0.420. The zero-order valence-corrected chi connectivity index (χ0v) is 17.1. The number of nitrogens with zero attached hydrogens (tertiary/aromatic N) is 2. The van der Waals surface area contributed by atoms with E-state index in [4.69, 9.17) is 21.6 Å². The summed E-state index contributed by atoms with van der Waals surface area (Å²) in [4.78, 5) is 15.1. The maximum absolute atomic E-state index is 15.2. The van der Waals surface area contributed by atoms with Crippen molar-refractivity contribution in [2.24, 2.45) is 0 Å². The molecule has 0 saturated heterocycles. The molecule has 0 fully saturated rings. The maximum Gasteiger partial charge on any atom is 0.326 e. The van der Waals surface area contributed by atoms with Crippen molar-refractivity contribution in [1.82, 2.24) is 9.55 Å². The van der Waals surface area contributed by atoms with Gasteiger partial charge in [-0.2, -0.15) is 5.26 Å². The summed E-state index contributed by atoms with van der Waals surface area (Å²) in [5, 5.41) is 9.38. The number of hydrogen-bond acceptors (Lipinski definition) is 3. The Bertz CT molecular complexity index is 1340. The predicted molar refractivity (Wildman–Crippen MR) is 112 cm³/mol. The highest BCUT2D eigenvalue weighted by Crippen LogP contribution is 2.35. The lowest BCUT2D eigenvalue weighted by Crippen LogP contribution is -2.18. The first-order valence-electron chi connectivity index (χ1n) is 8.49. The Morgan fingerprint density at radius 3 is 2.79 bits per heavy atom. The van der Waals surface area contributed by atoms with E-state index >= 15 is 4.39 Å². The molecular weight excluding hydrogens is 461 g/mol. The number of aromatic nitrogens is 2. The second kappa shape index (κ2) is 7.74. The molecule has 0 bridgehead atoms. The fourth-order valence-electron chi connectivity index (χ4n) is 3.03. The van der Waals surface area contributed by atoms with E-state index in [1.165, 1.54) is 22.8 Å². The third-order valence-corrected chi connectivity index (χ3v) is 5.20. The molecule has 0 aliphatic heterocycles. The van der Waals surface area contributed by atoms with Gasteiger partial charge in [0.2, 0.25) is 0 Å². The summed E-state index contributed by atoms with van der Waals surface area (Å²) >= 11 is 9.28. The molecule has 4 aromatic rings. The van der Waals surface area contributed by atoms with Crippen LogP contribution in [0.3, 0.4) is 0 Å². The van der Waals surface area contributed by atoms with Gasteiger partial charge in [-0.05, 0) is 52.3 Å². The fourth-order valence-corrected chi connectivity index (χ4v) is 3.64. The summed E-state index contributed by atoms with van der Waals surface area (Å²) in [6, 6.07) is 16.8. The number of H-pyrrole nitrogens is 1. The van der Waals surface area contributed by atoms with Crippen LogP contribution in [0, 0.1) is 17.1 Å². The molecule has 144 valence electrons. The molecule has 0 aliphatic rings. The molecule has 0 spiro atoms. The second-order valence-electron chi connectivity index (χ2n) is 6.27. The topological polar surface area (TPSA) is 70.8 Å². The molecule has 1 heterocycles. The van der Waals surface area contributed by atoms with Gasteiger partial charge >= 0.3 is 5.69 Å². The molecule has 0 saturated carbocycles. The molecule has 3 aromatic carbocycles. The number of benzene rings is 3. The molecule has 1 N–H and O–H groups in total. The van der Waals surface area contributed by atoms with E-state index in [9.17, 15) is 4.79 Å². The van der Waals surface area contributed by atoms with Crippen molar-refractivity contribution in [2.45, 2.75) is 6.54 Å². The third-order valence-electron chi connectivity index (χ3n) is 4.36. The van der Waals surface area contributed by atoms with E-state index in [1.807, 2.05) is 18.2 Å². The van der Waals surface area contributed by atoms with Crippen molar-refractivity contribution in [1.29, 1.82) is 5.26 Å². The molecule has 0 atom stereocenters. The van der Waals surface area contributed by atoms with Crippen molar-refractivity contribution in [3.63, 3.8) is 0 Å². The van der Waals surface area contributed by atoms with Crippen LogP contribution in [0.4, 0.5) is 4.39 Å². The Labute approximate surface area is 178 Å². The Kier molecular flexibility index (Phi) is 5.14. The van der Waals surface area contributed by atoms with Gasteiger partial charge in [0.15, 0.2) is 11.6 Å². The Balaban J connectivity index is 1.74. The Morgan fingerprint density at radius 2 is 2.00 bits per heavy atom. The number of halogens is 3. The lowest BCUT2D eigenvalue weighted by atomic mass is 10.2. The third kappa shape index (κ3) is 3.77. The first kappa shape index (κ1) is 19.2. The summed E-state index contributed by atoms with van der Waals surface area (Å²) in [6.45, 7) is 0.0251. The molecule has 8 heteroatoms. The molecule has 4 rings (SSSR count). The van der Waals surface area contributed by atoms with E-state index in [0.29, 0.717) is 26.1 Å². The SMILES string of the molecule is N#Cc1cc(Cl)cc(Oc2c(Br)ccc(Cn3c(=O)[nH]c4ccccc43)c2F)c1. The van der Waals surface area contributed by atoms with Crippen LogP contribution in [-0.4, -0.2) is 9.55 Å². The first-order valence-corrected chi connectivity index (χ1v) is 9.66. The van der Waals surface area contributed by atoms with Crippen LogP contribution in [0.25, 0.3) is 11.0 Å².